The third kappa shape index (κ3) is 2.94. The van der Waals surface area contributed by atoms with Gasteiger partial charge in [0.2, 0.25) is 0 Å². The van der Waals surface area contributed by atoms with Crippen LogP contribution in [0.15, 0.2) is 16.8 Å². The van der Waals surface area contributed by atoms with Crippen LogP contribution in [0.5, 0.6) is 0 Å². The molecule has 0 N–H and O–H groups in total. The predicted octanol–water partition coefficient (Wildman–Crippen LogP) is 4.08. The van der Waals surface area contributed by atoms with E-state index in [1.807, 2.05) is 0 Å². The van der Waals surface area contributed by atoms with Gasteiger partial charge in [-0.05, 0) is 47.6 Å². The minimum absolute atomic E-state index is 0.305. The lowest BCUT2D eigenvalue weighted by Crippen LogP contribution is -2.26. The summed E-state index contributed by atoms with van der Waals surface area (Å²) < 4.78 is 0. The number of thiophene rings is 1. The molecule has 0 aliphatic heterocycles. The van der Waals surface area contributed by atoms with Crippen molar-refractivity contribution in [2.45, 2.75) is 45.4 Å². The fourth-order valence-electron chi connectivity index (χ4n) is 2.76. The Morgan fingerprint density at radius 3 is 3.06 bits per heavy atom. The molecule has 0 spiro atoms. The van der Waals surface area contributed by atoms with Gasteiger partial charge in [-0.25, -0.2) is 0 Å². The van der Waals surface area contributed by atoms with Gasteiger partial charge in [-0.1, -0.05) is 19.8 Å². The molecule has 1 aromatic rings. The molecule has 2 unspecified atom stereocenters. The van der Waals surface area contributed by atoms with Gasteiger partial charge >= 0.3 is 0 Å². The maximum Gasteiger partial charge on any atom is 0.136 e. The Bertz CT molecular complexity index is 329. The first-order chi connectivity index (χ1) is 7.79. The van der Waals surface area contributed by atoms with Crippen molar-refractivity contribution < 1.29 is 4.79 Å². The topological polar surface area (TPSA) is 17.1 Å². The van der Waals surface area contributed by atoms with Gasteiger partial charge in [0.25, 0.3) is 0 Å². The van der Waals surface area contributed by atoms with Crippen molar-refractivity contribution in [3.63, 3.8) is 0 Å². The molecule has 1 aliphatic rings. The fraction of sp³-hybridized carbons (Fsp3) is 0.643. The highest BCUT2D eigenvalue weighted by Gasteiger charge is 2.28. The normalized spacial score (nSPS) is 25.9. The van der Waals surface area contributed by atoms with E-state index in [0.717, 1.165) is 31.6 Å². The summed E-state index contributed by atoms with van der Waals surface area (Å²) in [5.41, 5.74) is 1.35. The highest BCUT2D eigenvalue weighted by atomic mass is 32.1. The van der Waals surface area contributed by atoms with E-state index in [2.05, 4.69) is 23.8 Å². The molecule has 2 rings (SSSR count). The molecule has 1 fully saturated rings. The summed E-state index contributed by atoms with van der Waals surface area (Å²) in [5.74, 6) is 1.60. The first-order valence-corrected chi connectivity index (χ1v) is 7.27. The van der Waals surface area contributed by atoms with E-state index < -0.39 is 0 Å². The Morgan fingerprint density at radius 2 is 2.38 bits per heavy atom. The molecule has 2 heteroatoms. The van der Waals surface area contributed by atoms with E-state index in [-0.39, 0.29) is 0 Å². The van der Waals surface area contributed by atoms with E-state index >= 15 is 0 Å². The molecule has 1 nitrogen and oxygen atoms in total. The van der Waals surface area contributed by atoms with Crippen LogP contribution in [-0.2, 0) is 11.2 Å². The van der Waals surface area contributed by atoms with Gasteiger partial charge in [-0.3, -0.25) is 4.79 Å². The largest absolute Gasteiger partial charge is 0.299 e. The van der Waals surface area contributed by atoms with Crippen LogP contribution in [0, 0.1) is 11.8 Å². The average molecular weight is 236 g/mol. The molecule has 0 aromatic carbocycles. The molecule has 0 bridgehead atoms. The highest BCUT2D eigenvalue weighted by molar-refractivity contribution is 7.07. The minimum atomic E-state index is 0.305. The van der Waals surface area contributed by atoms with Crippen molar-refractivity contribution in [1.29, 1.82) is 0 Å². The second-order valence-electron chi connectivity index (χ2n) is 4.93. The molecule has 88 valence electrons. The van der Waals surface area contributed by atoms with Crippen LogP contribution in [0.2, 0.25) is 0 Å². The van der Waals surface area contributed by atoms with Crippen LogP contribution in [0.25, 0.3) is 0 Å². The minimum Gasteiger partial charge on any atom is -0.299 e. The van der Waals surface area contributed by atoms with Gasteiger partial charge in [0.05, 0.1) is 0 Å². The Labute approximate surface area is 102 Å². The zero-order valence-electron chi connectivity index (χ0n) is 9.95. The first kappa shape index (κ1) is 11.8. The smallest absolute Gasteiger partial charge is 0.136 e. The molecular weight excluding hydrogens is 216 g/mol. The summed E-state index contributed by atoms with van der Waals surface area (Å²) in [6.45, 7) is 2.24. The van der Waals surface area contributed by atoms with Crippen molar-refractivity contribution >= 4 is 17.1 Å². The fourth-order valence-corrected chi connectivity index (χ4v) is 3.44. The van der Waals surface area contributed by atoms with Crippen LogP contribution in [-0.4, -0.2) is 5.78 Å². The SMILES string of the molecule is CCCC1CCC(=O)C(Cc2ccsc2)C1. The number of Topliss-reactive ketones (excluding diaryl/α,β-unsaturated/α-hetero) is 1. The molecule has 1 aromatic heterocycles. The van der Waals surface area contributed by atoms with E-state index in [0.29, 0.717) is 11.7 Å². The van der Waals surface area contributed by atoms with E-state index in [1.54, 1.807) is 11.3 Å². The van der Waals surface area contributed by atoms with E-state index in [1.165, 1.54) is 18.4 Å². The zero-order chi connectivity index (χ0) is 11.4. The Morgan fingerprint density at radius 1 is 1.50 bits per heavy atom. The summed E-state index contributed by atoms with van der Waals surface area (Å²) >= 11 is 1.73. The third-order valence-corrected chi connectivity index (χ3v) is 4.36. The summed E-state index contributed by atoms with van der Waals surface area (Å²) in [4.78, 5) is 11.9. The number of hydrogen-bond acceptors (Lipinski definition) is 2. The van der Waals surface area contributed by atoms with Gasteiger partial charge in [0.1, 0.15) is 5.78 Å². The monoisotopic (exact) mass is 236 g/mol. The van der Waals surface area contributed by atoms with Gasteiger partial charge in [-0.15, -0.1) is 0 Å². The van der Waals surface area contributed by atoms with Crippen molar-refractivity contribution in [1.82, 2.24) is 0 Å². The second kappa shape index (κ2) is 5.62. The summed E-state index contributed by atoms with van der Waals surface area (Å²) in [7, 11) is 0. The van der Waals surface area contributed by atoms with Crippen LogP contribution in [0.3, 0.4) is 0 Å². The van der Waals surface area contributed by atoms with Crippen molar-refractivity contribution in [3.8, 4) is 0 Å². The molecule has 0 saturated heterocycles. The summed E-state index contributed by atoms with van der Waals surface area (Å²) in [6.07, 6.45) is 6.61. The van der Waals surface area contributed by atoms with Gasteiger partial charge in [0.15, 0.2) is 0 Å². The van der Waals surface area contributed by atoms with Gasteiger partial charge in [-0.2, -0.15) is 11.3 Å². The zero-order valence-corrected chi connectivity index (χ0v) is 10.8. The second-order valence-corrected chi connectivity index (χ2v) is 5.71. The molecule has 1 heterocycles. The number of carbonyl (C=O) groups excluding carboxylic acids is 1. The molecule has 0 amide bonds. The molecule has 1 aliphatic carbocycles. The van der Waals surface area contributed by atoms with Crippen LogP contribution >= 0.6 is 11.3 Å². The first-order valence-electron chi connectivity index (χ1n) is 6.33. The van der Waals surface area contributed by atoms with Crippen LogP contribution in [0.4, 0.5) is 0 Å². The summed E-state index contributed by atoms with van der Waals surface area (Å²) in [6, 6.07) is 2.15. The number of hydrogen-bond donors (Lipinski definition) is 0. The van der Waals surface area contributed by atoms with Crippen LogP contribution < -0.4 is 0 Å². The number of rotatable bonds is 4. The lowest BCUT2D eigenvalue weighted by molar-refractivity contribution is -0.125. The maximum atomic E-state index is 11.9. The quantitative estimate of drug-likeness (QED) is 0.770. The molecular formula is C14H20OS. The van der Waals surface area contributed by atoms with E-state index in [9.17, 15) is 4.79 Å². The van der Waals surface area contributed by atoms with Crippen molar-refractivity contribution in [3.05, 3.63) is 22.4 Å². The van der Waals surface area contributed by atoms with Crippen molar-refractivity contribution in [2.24, 2.45) is 11.8 Å². The van der Waals surface area contributed by atoms with Crippen LogP contribution in [0.1, 0.15) is 44.6 Å². The average Bonchev–Trinajstić information content (AvgIpc) is 2.76. The number of carbonyl (C=O) groups is 1. The predicted molar refractivity (Wildman–Crippen MR) is 68.8 cm³/mol. The van der Waals surface area contributed by atoms with Gasteiger partial charge < -0.3 is 0 Å². The standard InChI is InChI=1S/C14H20OS/c1-2-3-11-4-5-14(15)13(8-11)9-12-6-7-16-10-12/h6-7,10-11,13H,2-5,8-9H2,1H3. The molecule has 1 saturated carbocycles. The molecule has 0 radical (unpaired) electrons. The summed E-state index contributed by atoms with van der Waals surface area (Å²) in [5, 5.41) is 4.28. The Balaban J connectivity index is 1.93. The lowest BCUT2D eigenvalue weighted by Gasteiger charge is -2.27. The Hall–Kier alpha value is -0.630. The molecule has 16 heavy (non-hydrogen) atoms. The Kier molecular flexibility index (Phi) is 4.16. The lowest BCUT2D eigenvalue weighted by atomic mass is 9.76. The van der Waals surface area contributed by atoms with Gasteiger partial charge in [0, 0.05) is 12.3 Å². The van der Waals surface area contributed by atoms with Crippen molar-refractivity contribution in [2.75, 3.05) is 0 Å². The maximum absolute atomic E-state index is 11.9. The highest BCUT2D eigenvalue weighted by Crippen LogP contribution is 2.31. The molecule has 2 atom stereocenters. The number of ketones is 1. The third-order valence-electron chi connectivity index (χ3n) is 3.63. The van der Waals surface area contributed by atoms with E-state index in [4.69, 9.17) is 0 Å².